The molecule has 2 fully saturated rings. The van der Waals surface area contributed by atoms with Crippen molar-refractivity contribution in [2.24, 2.45) is 4.99 Å². The number of aliphatic hydroxyl groups is 1. The van der Waals surface area contributed by atoms with E-state index in [1.807, 2.05) is 28.8 Å². The van der Waals surface area contributed by atoms with E-state index in [4.69, 9.17) is 4.99 Å². The number of imidazole rings is 1. The van der Waals surface area contributed by atoms with Gasteiger partial charge in [0.1, 0.15) is 0 Å². The van der Waals surface area contributed by atoms with Gasteiger partial charge in [-0.15, -0.1) is 0 Å². The van der Waals surface area contributed by atoms with Gasteiger partial charge in [0.25, 0.3) is 0 Å². The molecule has 3 N–H and O–H groups in total. The Bertz CT molecular complexity index is 1270. The van der Waals surface area contributed by atoms with Crippen LogP contribution in [-0.2, 0) is 13.0 Å². The van der Waals surface area contributed by atoms with Crippen molar-refractivity contribution in [3.05, 3.63) is 69.6 Å². The van der Waals surface area contributed by atoms with Gasteiger partial charge in [0.05, 0.1) is 30.0 Å². The number of aliphatic imine (C=N–C) groups is 1. The van der Waals surface area contributed by atoms with Gasteiger partial charge in [-0.2, -0.15) is 0 Å². The summed E-state index contributed by atoms with van der Waals surface area (Å²) < 4.78 is 1.96. The smallest absolute Gasteiger partial charge is 0.326 e. The van der Waals surface area contributed by atoms with Crippen LogP contribution in [0.3, 0.4) is 0 Å². The molecule has 7 heteroatoms. The van der Waals surface area contributed by atoms with Crippen LogP contribution in [0.5, 0.6) is 0 Å². The van der Waals surface area contributed by atoms with Crippen molar-refractivity contribution in [1.29, 1.82) is 0 Å². The fraction of sp³-hybridized carbons (Fsp3) is 0.481. The molecule has 0 spiro atoms. The monoisotopic (exact) mass is 459 g/mol. The predicted octanol–water partition coefficient (Wildman–Crippen LogP) is 2.95. The number of benzene rings is 2. The third-order valence-electron chi connectivity index (χ3n) is 8.03. The third-order valence-corrected chi connectivity index (χ3v) is 8.03. The molecule has 1 aliphatic carbocycles. The Morgan fingerprint density at radius 3 is 2.79 bits per heavy atom. The highest BCUT2D eigenvalue weighted by Crippen LogP contribution is 2.38. The topological polar surface area (TPSA) is 85.7 Å². The minimum atomic E-state index is 0.00832. The maximum absolute atomic E-state index is 12.5. The molecular formula is C27H33N5O2. The maximum atomic E-state index is 12.5. The lowest BCUT2D eigenvalue weighted by Crippen LogP contribution is -2.38. The lowest BCUT2D eigenvalue weighted by Gasteiger charge is -2.32. The van der Waals surface area contributed by atoms with Gasteiger partial charge in [0.2, 0.25) is 0 Å². The first-order valence-corrected chi connectivity index (χ1v) is 12.6. The number of aliphatic hydroxyl groups excluding tert-OH is 1. The number of aryl methyl sites for hydroxylation is 1. The van der Waals surface area contributed by atoms with Crippen LogP contribution in [0.2, 0.25) is 0 Å². The number of fused-ring (bicyclic) bond motifs is 4. The number of nitrogens with zero attached hydrogens (tertiary/aromatic N) is 3. The molecule has 6 rings (SSSR count). The van der Waals surface area contributed by atoms with Gasteiger partial charge in [-0.05, 0) is 54.5 Å². The Morgan fingerprint density at radius 1 is 1.09 bits per heavy atom. The zero-order valence-corrected chi connectivity index (χ0v) is 19.5. The molecule has 1 aromatic heterocycles. The number of hydrogen-bond donors (Lipinski definition) is 3. The van der Waals surface area contributed by atoms with Gasteiger partial charge in [0.15, 0.2) is 0 Å². The summed E-state index contributed by atoms with van der Waals surface area (Å²) in [6.07, 6.45) is 5.17. The summed E-state index contributed by atoms with van der Waals surface area (Å²) in [6.45, 7) is 3.89. The number of amidine groups is 1. The minimum Gasteiger partial charge on any atom is -0.392 e. The molecule has 178 valence electrons. The number of nitrogens with one attached hydrogen (secondary N) is 2. The van der Waals surface area contributed by atoms with E-state index in [-0.39, 0.29) is 18.3 Å². The van der Waals surface area contributed by atoms with E-state index in [2.05, 4.69) is 33.4 Å². The molecule has 3 aliphatic rings. The van der Waals surface area contributed by atoms with Gasteiger partial charge >= 0.3 is 5.69 Å². The summed E-state index contributed by atoms with van der Waals surface area (Å²) in [5.41, 5.74) is 5.78. The van der Waals surface area contributed by atoms with E-state index in [0.717, 1.165) is 80.7 Å². The van der Waals surface area contributed by atoms with Gasteiger partial charge in [-0.3, -0.25) is 9.56 Å². The zero-order valence-electron chi connectivity index (χ0n) is 19.5. The fourth-order valence-corrected chi connectivity index (χ4v) is 6.25. The second-order valence-electron chi connectivity index (χ2n) is 10.0. The average Bonchev–Trinajstić information content (AvgIpc) is 3.44. The number of aromatic amines is 1. The van der Waals surface area contributed by atoms with Crippen molar-refractivity contribution in [3.63, 3.8) is 0 Å². The molecule has 3 aromatic rings. The second kappa shape index (κ2) is 9.04. The lowest BCUT2D eigenvalue weighted by atomic mass is 9.79. The SMILES string of the molecule is O=c1[nH]c2ccccc2n1C1CCN(CCN=C2C[C@H]3c4ccc(CO)cc4CC[C@H]3N2)CC1. The van der Waals surface area contributed by atoms with Crippen molar-refractivity contribution < 1.29 is 5.11 Å². The van der Waals surface area contributed by atoms with E-state index in [1.54, 1.807) is 0 Å². The molecule has 0 bridgehead atoms. The Labute approximate surface area is 199 Å². The van der Waals surface area contributed by atoms with E-state index < -0.39 is 0 Å². The van der Waals surface area contributed by atoms with Crippen LogP contribution in [-0.4, -0.2) is 57.6 Å². The fourth-order valence-electron chi connectivity index (χ4n) is 6.25. The predicted molar refractivity (Wildman–Crippen MR) is 135 cm³/mol. The zero-order chi connectivity index (χ0) is 23.1. The molecule has 7 nitrogen and oxygen atoms in total. The number of rotatable bonds is 5. The molecule has 2 aromatic carbocycles. The quantitative estimate of drug-likeness (QED) is 0.548. The van der Waals surface area contributed by atoms with Gasteiger partial charge in [0, 0.05) is 44.1 Å². The number of aromatic nitrogens is 2. The van der Waals surface area contributed by atoms with Crippen LogP contribution in [0.15, 0.2) is 52.3 Å². The summed E-state index contributed by atoms with van der Waals surface area (Å²) in [5, 5.41) is 13.1. The number of H-pyrrole nitrogens is 1. The molecule has 0 radical (unpaired) electrons. The first kappa shape index (κ1) is 21.6. The summed E-state index contributed by atoms with van der Waals surface area (Å²) in [5.74, 6) is 1.65. The summed E-state index contributed by atoms with van der Waals surface area (Å²) >= 11 is 0. The van der Waals surface area contributed by atoms with Crippen LogP contribution in [0.1, 0.15) is 54.3 Å². The minimum absolute atomic E-state index is 0.00832. The van der Waals surface area contributed by atoms with E-state index in [1.165, 1.54) is 11.1 Å². The Morgan fingerprint density at radius 2 is 1.94 bits per heavy atom. The van der Waals surface area contributed by atoms with Crippen molar-refractivity contribution in [2.75, 3.05) is 26.2 Å². The van der Waals surface area contributed by atoms with Crippen LogP contribution in [0.4, 0.5) is 0 Å². The molecule has 2 aliphatic heterocycles. The van der Waals surface area contributed by atoms with Gasteiger partial charge < -0.3 is 20.3 Å². The Balaban J connectivity index is 1.04. The van der Waals surface area contributed by atoms with Crippen LogP contribution < -0.4 is 11.0 Å². The molecular weight excluding hydrogens is 426 g/mol. The highest BCUT2D eigenvalue weighted by molar-refractivity contribution is 5.86. The maximum Gasteiger partial charge on any atom is 0.326 e. The van der Waals surface area contributed by atoms with Gasteiger partial charge in [-0.1, -0.05) is 30.3 Å². The number of para-hydroxylation sites is 2. The first-order valence-electron chi connectivity index (χ1n) is 12.6. The molecule has 0 unspecified atom stereocenters. The van der Waals surface area contributed by atoms with Gasteiger partial charge in [-0.25, -0.2) is 4.79 Å². The lowest BCUT2D eigenvalue weighted by molar-refractivity contribution is 0.191. The molecule has 0 saturated carbocycles. The van der Waals surface area contributed by atoms with Crippen LogP contribution in [0, 0.1) is 0 Å². The van der Waals surface area contributed by atoms with E-state index >= 15 is 0 Å². The van der Waals surface area contributed by atoms with Crippen molar-refractivity contribution in [1.82, 2.24) is 19.8 Å². The number of hydrogen-bond acceptors (Lipinski definition) is 4. The number of likely N-dealkylation sites (tertiary alicyclic amines) is 1. The second-order valence-corrected chi connectivity index (χ2v) is 10.0. The van der Waals surface area contributed by atoms with E-state index in [0.29, 0.717) is 12.0 Å². The largest absolute Gasteiger partial charge is 0.392 e. The average molecular weight is 460 g/mol. The molecule has 0 amide bonds. The van der Waals surface area contributed by atoms with Crippen molar-refractivity contribution in [2.45, 2.75) is 56.7 Å². The highest BCUT2D eigenvalue weighted by atomic mass is 16.3. The number of piperidine rings is 1. The highest BCUT2D eigenvalue weighted by Gasteiger charge is 2.36. The van der Waals surface area contributed by atoms with E-state index in [9.17, 15) is 9.90 Å². The van der Waals surface area contributed by atoms with Crippen LogP contribution >= 0.6 is 0 Å². The standard InChI is InChI=1S/C27H33N5O2/c33-17-18-5-7-21-19(15-18)6-8-23-22(21)16-26(29-23)28-11-14-31-12-9-20(10-13-31)32-25-4-2-1-3-24(25)30-27(32)34/h1-5,7,15,20,22-23,33H,6,8-14,16-17H2,(H,28,29)(H,30,34)/t22-,23+/m0/s1. The summed E-state index contributed by atoms with van der Waals surface area (Å²) in [4.78, 5) is 22.9. The van der Waals surface area contributed by atoms with Crippen LogP contribution in [0.25, 0.3) is 11.0 Å². The normalized spacial score (nSPS) is 24.3. The molecule has 34 heavy (non-hydrogen) atoms. The third kappa shape index (κ3) is 3.97. The summed E-state index contributed by atoms with van der Waals surface area (Å²) in [6, 6.07) is 15.2. The first-order chi connectivity index (χ1) is 16.7. The molecule has 2 saturated heterocycles. The van der Waals surface area contributed by atoms with Crippen molar-refractivity contribution in [3.8, 4) is 0 Å². The molecule has 3 heterocycles. The van der Waals surface area contributed by atoms with Crippen molar-refractivity contribution >= 4 is 16.9 Å². The Kier molecular flexibility index (Phi) is 5.75. The summed E-state index contributed by atoms with van der Waals surface area (Å²) in [7, 11) is 0. The molecule has 2 atom stereocenters. The Hall–Kier alpha value is -2.90.